The molecule has 1 heterocycles. The van der Waals surface area contributed by atoms with Crippen molar-refractivity contribution in [1.29, 1.82) is 0 Å². The van der Waals surface area contributed by atoms with Gasteiger partial charge in [-0.1, -0.05) is 6.92 Å². The smallest absolute Gasteiger partial charge is 0.0673 e. The molecule has 1 atom stereocenters. The maximum absolute atomic E-state index is 5.66. The predicted octanol–water partition coefficient (Wildman–Crippen LogP) is 3.59. The Hall–Kier alpha value is 0.100. The third-order valence-corrected chi connectivity index (χ3v) is 3.99. The van der Waals surface area contributed by atoms with Crippen molar-refractivity contribution in [3.63, 3.8) is 0 Å². The first-order chi connectivity index (χ1) is 7.15. The molecule has 0 aliphatic heterocycles. The normalized spacial score (nSPS) is 13.4. The summed E-state index contributed by atoms with van der Waals surface area (Å²) in [6.45, 7) is 7.92. The van der Waals surface area contributed by atoms with Gasteiger partial charge in [0.1, 0.15) is 0 Å². The minimum Gasteiger partial charge on any atom is -0.377 e. The number of rotatable bonds is 6. The molecule has 0 aliphatic rings. The van der Waals surface area contributed by atoms with E-state index < -0.39 is 0 Å². The number of ether oxygens (including phenoxy) is 1. The highest BCUT2D eigenvalue weighted by Gasteiger charge is 2.15. The molecule has 1 rings (SSSR count). The van der Waals surface area contributed by atoms with E-state index in [0.717, 1.165) is 13.2 Å². The van der Waals surface area contributed by atoms with Gasteiger partial charge in [-0.15, -0.1) is 11.3 Å². The van der Waals surface area contributed by atoms with Crippen LogP contribution in [0, 0.1) is 0 Å². The fourth-order valence-electron chi connectivity index (χ4n) is 1.32. The average molecular weight is 292 g/mol. The van der Waals surface area contributed by atoms with Crippen molar-refractivity contribution in [2.24, 2.45) is 0 Å². The molecular weight excluding hydrogens is 274 g/mol. The quantitative estimate of drug-likeness (QED) is 0.865. The lowest BCUT2D eigenvalue weighted by Crippen LogP contribution is -2.26. The van der Waals surface area contributed by atoms with Gasteiger partial charge in [-0.25, -0.2) is 0 Å². The van der Waals surface area contributed by atoms with Crippen LogP contribution in [-0.2, 0) is 4.74 Å². The van der Waals surface area contributed by atoms with E-state index in [9.17, 15) is 0 Å². The van der Waals surface area contributed by atoms with Gasteiger partial charge in [0.05, 0.1) is 18.8 Å². The monoisotopic (exact) mass is 291 g/mol. The van der Waals surface area contributed by atoms with E-state index in [4.69, 9.17) is 4.74 Å². The minimum absolute atomic E-state index is 0.282. The van der Waals surface area contributed by atoms with Crippen molar-refractivity contribution in [2.75, 3.05) is 13.2 Å². The Labute approximate surface area is 104 Å². The van der Waals surface area contributed by atoms with Gasteiger partial charge in [-0.2, -0.15) is 0 Å². The Morgan fingerprint density at radius 1 is 1.53 bits per heavy atom. The van der Waals surface area contributed by atoms with E-state index in [2.05, 4.69) is 53.5 Å². The van der Waals surface area contributed by atoms with Crippen molar-refractivity contribution >= 4 is 27.3 Å². The van der Waals surface area contributed by atoms with Crippen molar-refractivity contribution in [1.82, 2.24) is 5.32 Å². The molecule has 0 fully saturated rings. The lowest BCUT2D eigenvalue weighted by atomic mass is 10.2. The number of hydrogen-bond donors (Lipinski definition) is 1. The third-order valence-electron chi connectivity index (χ3n) is 2.01. The number of hydrogen-bond acceptors (Lipinski definition) is 3. The molecule has 15 heavy (non-hydrogen) atoms. The van der Waals surface area contributed by atoms with Crippen LogP contribution in [0.2, 0.25) is 0 Å². The first-order valence-corrected chi connectivity index (χ1v) is 6.90. The molecule has 1 aromatic rings. The third kappa shape index (κ3) is 4.23. The van der Waals surface area contributed by atoms with Crippen molar-refractivity contribution < 1.29 is 4.74 Å². The summed E-state index contributed by atoms with van der Waals surface area (Å²) >= 11 is 5.32. The van der Waals surface area contributed by atoms with Crippen LogP contribution in [0.5, 0.6) is 0 Å². The lowest BCUT2D eigenvalue weighted by Gasteiger charge is -2.18. The van der Waals surface area contributed by atoms with Crippen LogP contribution in [0.25, 0.3) is 0 Å². The highest BCUT2D eigenvalue weighted by molar-refractivity contribution is 9.10. The van der Waals surface area contributed by atoms with Crippen molar-refractivity contribution in [3.05, 3.63) is 20.8 Å². The van der Waals surface area contributed by atoms with E-state index >= 15 is 0 Å². The van der Waals surface area contributed by atoms with E-state index in [1.54, 1.807) is 11.3 Å². The van der Waals surface area contributed by atoms with Crippen LogP contribution in [-0.4, -0.2) is 19.3 Å². The number of thiophene rings is 1. The summed E-state index contributed by atoms with van der Waals surface area (Å²) in [6, 6.07) is 2.38. The van der Waals surface area contributed by atoms with Gasteiger partial charge in [0.15, 0.2) is 0 Å². The van der Waals surface area contributed by atoms with Crippen LogP contribution in [0.1, 0.15) is 31.7 Å². The zero-order valence-corrected chi connectivity index (χ0v) is 11.8. The van der Waals surface area contributed by atoms with Crippen LogP contribution in [0.4, 0.5) is 0 Å². The molecule has 4 heteroatoms. The van der Waals surface area contributed by atoms with E-state index in [1.165, 1.54) is 9.35 Å². The first-order valence-electron chi connectivity index (χ1n) is 5.23. The zero-order chi connectivity index (χ0) is 11.3. The van der Waals surface area contributed by atoms with Gasteiger partial charge in [0, 0.05) is 9.35 Å². The lowest BCUT2D eigenvalue weighted by molar-refractivity contribution is 0.0619. The second-order valence-electron chi connectivity index (χ2n) is 3.63. The van der Waals surface area contributed by atoms with Gasteiger partial charge in [-0.3, -0.25) is 0 Å². The number of likely N-dealkylation sites (N-methyl/N-ethyl adjacent to an activating group) is 1. The molecule has 0 spiro atoms. The highest BCUT2D eigenvalue weighted by atomic mass is 79.9. The Morgan fingerprint density at radius 2 is 2.27 bits per heavy atom. The molecule has 0 saturated heterocycles. The molecule has 0 saturated carbocycles. The van der Waals surface area contributed by atoms with E-state index in [1.807, 2.05) is 0 Å². The SMILES string of the molecule is CCNC(COC(C)C)c1sccc1Br. The summed E-state index contributed by atoms with van der Waals surface area (Å²) in [5.74, 6) is 0. The molecule has 86 valence electrons. The van der Waals surface area contributed by atoms with Crippen LogP contribution in [0.15, 0.2) is 15.9 Å². The number of nitrogens with one attached hydrogen (secondary N) is 1. The Balaban J connectivity index is 2.61. The maximum Gasteiger partial charge on any atom is 0.0673 e. The van der Waals surface area contributed by atoms with Crippen molar-refractivity contribution in [2.45, 2.75) is 32.9 Å². The largest absolute Gasteiger partial charge is 0.377 e. The van der Waals surface area contributed by atoms with Crippen molar-refractivity contribution in [3.8, 4) is 0 Å². The van der Waals surface area contributed by atoms with Crippen LogP contribution in [0.3, 0.4) is 0 Å². The molecule has 1 unspecified atom stereocenters. The maximum atomic E-state index is 5.66. The molecule has 0 aliphatic carbocycles. The molecule has 0 bridgehead atoms. The van der Waals surface area contributed by atoms with Gasteiger partial charge >= 0.3 is 0 Å². The summed E-state index contributed by atoms with van der Waals surface area (Å²) in [6.07, 6.45) is 0.282. The molecule has 1 N–H and O–H groups in total. The van der Waals surface area contributed by atoms with Gasteiger partial charge in [0.25, 0.3) is 0 Å². The standard InChI is InChI=1S/C11H18BrNOS/c1-4-13-10(7-14-8(2)3)11-9(12)5-6-15-11/h5-6,8,10,13H,4,7H2,1-3H3. The molecule has 0 radical (unpaired) electrons. The summed E-state index contributed by atoms with van der Waals surface area (Å²) in [5, 5.41) is 5.53. The fourth-order valence-corrected chi connectivity index (χ4v) is 3.03. The molecule has 0 aromatic carbocycles. The Morgan fingerprint density at radius 3 is 2.73 bits per heavy atom. The fraction of sp³-hybridized carbons (Fsp3) is 0.636. The summed E-state index contributed by atoms with van der Waals surface area (Å²) < 4.78 is 6.83. The second-order valence-corrected chi connectivity index (χ2v) is 5.43. The van der Waals surface area contributed by atoms with E-state index in [0.29, 0.717) is 6.04 Å². The minimum atomic E-state index is 0.282. The Bertz CT molecular complexity index is 288. The van der Waals surface area contributed by atoms with Gasteiger partial charge in [-0.05, 0) is 47.8 Å². The Kier molecular flexibility index (Phi) is 5.82. The van der Waals surface area contributed by atoms with Crippen LogP contribution < -0.4 is 5.32 Å². The van der Waals surface area contributed by atoms with Gasteiger partial charge < -0.3 is 10.1 Å². The highest BCUT2D eigenvalue weighted by Crippen LogP contribution is 2.29. The zero-order valence-electron chi connectivity index (χ0n) is 9.42. The van der Waals surface area contributed by atoms with Gasteiger partial charge in [0.2, 0.25) is 0 Å². The molecule has 2 nitrogen and oxygen atoms in total. The molecule has 1 aromatic heterocycles. The van der Waals surface area contributed by atoms with Crippen LogP contribution >= 0.6 is 27.3 Å². The first kappa shape index (κ1) is 13.2. The summed E-state index contributed by atoms with van der Waals surface area (Å²) in [5.41, 5.74) is 0. The molecule has 0 amide bonds. The topological polar surface area (TPSA) is 21.3 Å². The molecular formula is C11H18BrNOS. The second kappa shape index (κ2) is 6.63. The summed E-state index contributed by atoms with van der Waals surface area (Å²) in [7, 11) is 0. The average Bonchev–Trinajstić information content (AvgIpc) is 2.59. The predicted molar refractivity (Wildman–Crippen MR) is 69.5 cm³/mol. The van der Waals surface area contributed by atoms with E-state index in [-0.39, 0.29) is 6.10 Å². The number of halogens is 1. The summed E-state index contributed by atoms with van der Waals surface area (Å²) in [4.78, 5) is 1.32.